The highest BCUT2D eigenvalue weighted by molar-refractivity contribution is 5.89. The number of benzene rings is 1. The summed E-state index contributed by atoms with van der Waals surface area (Å²) in [6.07, 6.45) is 0. The highest BCUT2D eigenvalue weighted by Gasteiger charge is 2.23. The highest BCUT2D eigenvalue weighted by atomic mass is 16.5. The minimum atomic E-state index is 0.629. The third-order valence-electron chi connectivity index (χ3n) is 5.80. The Hall–Kier alpha value is -2.29. The van der Waals surface area contributed by atoms with Gasteiger partial charge in [-0.1, -0.05) is 0 Å². The van der Waals surface area contributed by atoms with Gasteiger partial charge < -0.3 is 9.64 Å². The largest absolute Gasteiger partial charge is 0.370 e. The van der Waals surface area contributed by atoms with Crippen LogP contribution in [-0.4, -0.2) is 68.7 Å². The molecule has 0 spiro atoms. The first-order chi connectivity index (χ1) is 13.6. The van der Waals surface area contributed by atoms with Crippen LogP contribution in [0.25, 0.3) is 10.9 Å². The van der Waals surface area contributed by atoms with Crippen molar-refractivity contribution < 1.29 is 19.5 Å². The summed E-state index contributed by atoms with van der Waals surface area (Å²) < 4.78 is 5.43. The first kappa shape index (κ1) is 19.0. The van der Waals surface area contributed by atoms with Gasteiger partial charge in [0.25, 0.3) is 5.95 Å². The lowest BCUT2D eigenvalue weighted by Crippen LogP contribution is -3.27. The van der Waals surface area contributed by atoms with Gasteiger partial charge in [-0.15, -0.1) is 0 Å². The molecule has 0 aliphatic carbocycles. The van der Waals surface area contributed by atoms with Crippen LogP contribution < -0.4 is 25.4 Å². The number of nitrogens with zero attached hydrogens (tertiary/aromatic N) is 2. The third kappa shape index (κ3) is 4.40. The number of ether oxygens (including phenoxy) is 1. The summed E-state index contributed by atoms with van der Waals surface area (Å²) in [6.45, 7) is 14.5. The number of quaternary nitrogens is 2. The zero-order chi connectivity index (χ0) is 19.5. The third-order valence-corrected chi connectivity index (χ3v) is 5.80. The van der Waals surface area contributed by atoms with Crippen LogP contribution >= 0.6 is 0 Å². The van der Waals surface area contributed by atoms with Gasteiger partial charge in [-0.05, 0) is 44.0 Å². The molecule has 8 nitrogen and oxygen atoms in total. The molecule has 3 heterocycles. The molecule has 1 aromatic carbocycles. The van der Waals surface area contributed by atoms with Crippen molar-refractivity contribution in [3.8, 4) is 0 Å². The minimum absolute atomic E-state index is 0.629. The second-order valence-electron chi connectivity index (χ2n) is 7.91. The maximum atomic E-state index is 5.43. The summed E-state index contributed by atoms with van der Waals surface area (Å²) in [5, 5.41) is 7.86. The number of rotatable bonds is 4. The predicted molar refractivity (Wildman–Crippen MR) is 108 cm³/mol. The van der Waals surface area contributed by atoms with Gasteiger partial charge in [0.15, 0.2) is 13.3 Å². The smallest absolute Gasteiger partial charge is 0.359 e. The van der Waals surface area contributed by atoms with Crippen molar-refractivity contribution in [2.75, 3.05) is 58.0 Å². The van der Waals surface area contributed by atoms with Crippen LogP contribution in [0.3, 0.4) is 0 Å². The van der Waals surface area contributed by atoms with Crippen molar-refractivity contribution in [1.82, 2.24) is 15.3 Å². The Morgan fingerprint density at radius 1 is 1.07 bits per heavy atom. The van der Waals surface area contributed by atoms with Crippen LogP contribution in [-0.2, 0) is 4.74 Å². The quantitative estimate of drug-likeness (QED) is 0.381. The van der Waals surface area contributed by atoms with Crippen molar-refractivity contribution in [2.24, 2.45) is 0 Å². The molecule has 150 valence electrons. The average Bonchev–Trinajstić information content (AvgIpc) is 2.70. The van der Waals surface area contributed by atoms with Crippen LogP contribution in [0.15, 0.2) is 12.1 Å². The Morgan fingerprint density at radius 2 is 1.82 bits per heavy atom. The molecule has 2 aliphatic rings. The van der Waals surface area contributed by atoms with E-state index in [0.29, 0.717) is 5.95 Å². The summed E-state index contributed by atoms with van der Waals surface area (Å²) in [5.41, 5.74) is 4.50. The molecule has 1 unspecified atom stereocenters. The van der Waals surface area contributed by atoms with Gasteiger partial charge in [-0.25, -0.2) is 20.6 Å². The van der Waals surface area contributed by atoms with E-state index in [0.717, 1.165) is 68.7 Å². The van der Waals surface area contributed by atoms with Crippen molar-refractivity contribution in [1.29, 1.82) is 0 Å². The minimum Gasteiger partial charge on any atom is -0.370 e. The van der Waals surface area contributed by atoms with Crippen LogP contribution in [0.5, 0.6) is 0 Å². The normalized spacial score (nSPS) is 20.7. The lowest BCUT2D eigenvalue weighted by Gasteiger charge is -2.26. The Labute approximate surface area is 166 Å². The Balaban J connectivity index is 1.37. The van der Waals surface area contributed by atoms with Crippen LogP contribution in [0, 0.1) is 20.8 Å². The molecule has 1 fully saturated rings. The molecule has 0 saturated carbocycles. The van der Waals surface area contributed by atoms with Gasteiger partial charge in [-0.3, -0.25) is 4.90 Å². The number of morpholine rings is 1. The predicted octanol–water partition coefficient (Wildman–Crippen LogP) is -3.28. The van der Waals surface area contributed by atoms with E-state index in [9.17, 15) is 0 Å². The van der Waals surface area contributed by atoms with Crippen molar-refractivity contribution in [3.63, 3.8) is 0 Å². The number of nitrogens with one attached hydrogen (secondary N) is 5. The van der Waals surface area contributed by atoms with Crippen molar-refractivity contribution >= 4 is 22.8 Å². The lowest BCUT2D eigenvalue weighted by molar-refractivity contribution is -1.01. The molecular formula is C20H32N7O+3. The first-order valence-corrected chi connectivity index (χ1v) is 10.2. The van der Waals surface area contributed by atoms with Crippen LogP contribution in [0.2, 0.25) is 0 Å². The molecule has 1 atom stereocenters. The number of anilines is 1. The van der Waals surface area contributed by atoms with E-state index in [1.165, 1.54) is 22.6 Å². The molecule has 0 amide bonds. The maximum Gasteiger partial charge on any atom is 0.359 e. The number of hydrogen-bond acceptors (Lipinski definition) is 5. The second kappa shape index (κ2) is 8.38. The molecule has 8 heteroatoms. The number of aromatic nitrogens is 2. The van der Waals surface area contributed by atoms with E-state index in [1.807, 2.05) is 6.92 Å². The van der Waals surface area contributed by atoms with Crippen LogP contribution in [0.1, 0.15) is 16.8 Å². The highest BCUT2D eigenvalue weighted by Crippen LogP contribution is 2.21. The molecule has 1 saturated heterocycles. The van der Waals surface area contributed by atoms with Gasteiger partial charge in [0.1, 0.15) is 26.2 Å². The van der Waals surface area contributed by atoms with E-state index in [1.54, 1.807) is 4.90 Å². The number of guanidine groups is 1. The Kier molecular flexibility index (Phi) is 5.70. The molecule has 4 rings (SSSR count). The zero-order valence-electron chi connectivity index (χ0n) is 17.1. The monoisotopic (exact) mass is 386 g/mol. The summed E-state index contributed by atoms with van der Waals surface area (Å²) >= 11 is 0. The molecule has 28 heavy (non-hydrogen) atoms. The topological polar surface area (TPSA) is 81.9 Å². The molecule has 0 radical (unpaired) electrons. The lowest BCUT2D eigenvalue weighted by atomic mass is 10.1. The standard InChI is InChI=1S/C20H29N7O/c1-14-10-17-16(3)23-20(24-18(17)11-15(14)2)25-19-21-12-27(13-22-19)5-4-26-6-8-28-9-7-26/h10-11H,4-9,12-13H2,1-3H3,(H2,21,22,23,24,25)/p+3. The second-order valence-corrected chi connectivity index (χ2v) is 7.91. The van der Waals surface area contributed by atoms with E-state index in [4.69, 9.17) is 9.72 Å². The summed E-state index contributed by atoms with van der Waals surface area (Å²) in [5.74, 6) is 1.51. The molecule has 2 aromatic rings. The van der Waals surface area contributed by atoms with Crippen LogP contribution in [0.4, 0.5) is 5.95 Å². The maximum absolute atomic E-state index is 5.43. The Bertz CT molecular complexity index is 876. The number of aryl methyl sites for hydroxylation is 3. The molecule has 1 aromatic heterocycles. The van der Waals surface area contributed by atoms with E-state index >= 15 is 0 Å². The average molecular weight is 387 g/mol. The van der Waals surface area contributed by atoms with E-state index in [-0.39, 0.29) is 0 Å². The van der Waals surface area contributed by atoms with Gasteiger partial charge in [0.2, 0.25) is 0 Å². The molecule has 5 N–H and O–H groups in total. The van der Waals surface area contributed by atoms with Crippen molar-refractivity contribution in [2.45, 2.75) is 20.8 Å². The number of hydrogen-bond donors (Lipinski definition) is 5. The van der Waals surface area contributed by atoms with Gasteiger partial charge in [0.05, 0.1) is 24.4 Å². The summed E-state index contributed by atoms with van der Waals surface area (Å²) in [6, 6.07) is 4.31. The van der Waals surface area contributed by atoms with E-state index < -0.39 is 0 Å². The number of fused-ring (bicyclic) bond motifs is 1. The van der Waals surface area contributed by atoms with Gasteiger partial charge in [-0.2, -0.15) is 4.98 Å². The fourth-order valence-electron chi connectivity index (χ4n) is 3.79. The van der Waals surface area contributed by atoms with E-state index in [2.05, 4.69) is 46.6 Å². The zero-order valence-corrected chi connectivity index (χ0v) is 17.1. The first-order valence-electron chi connectivity index (χ1n) is 10.2. The fraction of sp³-hybridized carbons (Fsp3) is 0.550. The molecule has 0 bridgehead atoms. The summed E-state index contributed by atoms with van der Waals surface area (Å²) in [7, 11) is 0. The summed E-state index contributed by atoms with van der Waals surface area (Å²) in [4.78, 5) is 15.9. The molecular weight excluding hydrogens is 354 g/mol. The SMILES string of the molecule is Cc1cc2nc(NC3=[NH+]C[NH+](CC[NH+]4CCOCC4)CN3)nc(C)c2cc1C. The van der Waals surface area contributed by atoms with Gasteiger partial charge >= 0.3 is 5.96 Å². The van der Waals surface area contributed by atoms with Gasteiger partial charge in [0, 0.05) is 5.39 Å². The Morgan fingerprint density at radius 3 is 2.57 bits per heavy atom. The molecule has 2 aliphatic heterocycles. The fourth-order valence-corrected chi connectivity index (χ4v) is 3.79. The van der Waals surface area contributed by atoms with Crippen molar-refractivity contribution in [3.05, 3.63) is 29.0 Å².